The van der Waals surface area contributed by atoms with Crippen LogP contribution in [0.4, 0.5) is 0 Å². The average Bonchev–Trinajstić information content (AvgIpc) is 2.34. The molecule has 0 atom stereocenters. The number of phenols is 3. The number of benzene rings is 2. The van der Waals surface area contributed by atoms with Crippen LogP contribution < -0.4 is 0 Å². The Hall–Kier alpha value is -2.69. The number of aromatic hydroxyl groups is 3. The maximum absolute atomic E-state index is 11.5. The van der Waals surface area contributed by atoms with Crippen LogP contribution in [-0.4, -0.2) is 26.2 Å². The standard InChI is InChI=1S/C15H12O5/c1-6-2-8-12(10(17)3-6)15(20)13-9(14(8)19)4-7(16)5-11(13)18/h2-3,5,17-20H,4H2,1H3. The molecule has 3 rings (SSSR count). The summed E-state index contributed by atoms with van der Waals surface area (Å²) in [6, 6.07) is 3.05. The molecule has 0 bridgehead atoms. The number of aryl methyl sites for hydroxylation is 1. The lowest BCUT2D eigenvalue weighted by molar-refractivity contribution is -0.114. The number of allylic oxidation sites excluding steroid dienone is 1. The third kappa shape index (κ3) is 1.53. The molecule has 2 aromatic carbocycles. The van der Waals surface area contributed by atoms with E-state index in [1.165, 1.54) is 6.07 Å². The van der Waals surface area contributed by atoms with Gasteiger partial charge in [0.1, 0.15) is 23.0 Å². The minimum absolute atomic E-state index is 0.00578. The van der Waals surface area contributed by atoms with Crippen LogP contribution in [0, 0.1) is 6.92 Å². The SMILES string of the molecule is Cc1cc(O)c2c(O)c3c(c(O)c2c1)CC(=O)C=C3O. The molecule has 0 saturated carbocycles. The minimum atomic E-state index is -0.411. The molecule has 4 N–H and O–H groups in total. The molecule has 0 unspecified atom stereocenters. The van der Waals surface area contributed by atoms with Gasteiger partial charge >= 0.3 is 0 Å². The van der Waals surface area contributed by atoms with Crippen molar-refractivity contribution in [1.82, 2.24) is 0 Å². The molecule has 1 aliphatic carbocycles. The zero-order valence-electron chi connectivity index (χ0n) is 10.6. The van der Waals surface area contributed by atoms with Gasteiger partial charge in [0.25, 0.3) is 0 Å². The van der Waals surface area contributed by atoms with E-state index in [0.29, 0.717) is 5.56 Å². The fraction of sp³-hybridized carbons (Fsp3) is 0.133. The van der Waals surface area contributed by atoms with Crippen LogP contribution in [0.2, 0.25) is 0 Å². The van der Waals surface area contributed by atoms with Crippen molar-refractivity contribution in [3.63, 3.8) is 0 Å². The van der Waals surface area contributed by atoms with Crippen LogP contribution >= 0.6 is 0 Å². The molecule has 2 aromatic rings. The number of carbonyl (C=O) groups excluding carboxylic acids is 1. The van der Waals surface area contributed by atoms with Crippen LogP contribution in [0.5, 0.6) is 17.2 Å². The average molecular weight is 272 g/mol. The Bertz CT molecular complexity index is 802. The van der Waals surface area contributed by atoms with Crippen LogP contribution in [-0.2, 0) is 11.2 Å². The van der Waals surface area contributed by atoms with E-state index in [0.717, 1.165) is 6.08 Å². The van der Waals surface area contributed by atoms with Crippen LogP contribution in [0.3, 0.4) is 0 Å². The highest BCUT2D eigenvalue weighted by Gasteiger charge is 2.27. The maximum atomic E-state index is 11.5. The highest BCUT2D eigenvalue weighted by Crippen LogP contribution is 2.47. The minimum Gasteiger partial charge on any atom is -0.507 e. The Labute approximate surface area is 114 Å². The molecular formula is C15H12O5. The third-order valence-electron chi connectivity index (χ3n) is 3.48. The zero-order chi connectivity index (χ0) is 14.6. The predicted molar refractivity (Wildman–Crippen MR) is 73.0 cm³/mol. The summed E-state index contributed by atoms with van der Waals surface area (Å²) in [6.45, 7) is 1.73. The maximum Gasteiger partial charge on any atom is 0.163 e. The first-order valence-electron chi connectivity index (χ1n) is 6.04. The molecule has 0 amide bonds. The van der Waals surface area contributed by atoms with Crippen LogP contribution in [0.25, 0.3) is 16.5 Å². The number of hydrogen-bond donors (Lipinski definition) is 4. The van der Waals surface area contributed by atoms with Gasteiger partial charge in [-0.25, -0.2) is 0 Å². The Kier molecular flexibility index (Phi) is 2.41. The fourth-order valence-corrected chi connectivity index (χ4v) is 2.65. The van der Waals surface area contributed by atoms with E-state index in [4.69, 9.17) is 0 Å². The van der Waals surface area contributed by atoms with Gasteiger partial charge in [0.2, 0.25) is 0 Å². The smallest absolute Gasteiger partial charge is 0.163 e. The molecule has 0 heterocycles. The van der Waals surface area contributed by atoms with Crippen molar-refractivity contribution in [2.45, 2.75) is 13.3 Å². The summed E-state index contributed by atoms with van der Waals surface area (Å²) in [5, 5.41) is 40.7. The van der Waals surface area contributed by atoms with Crippen molar-refractivity contribution in [2.75, 3.05) is 0 Å². The lowest BCUT2D eigenvalue weighted by Gasteiger charge is -2.19. The summed E-state index contributed by atoms with van der Waals surface area (Å²) in [4.78, 5) is 11.5. The molecule has 0 aromatic heterocycles. The van der Waals surface area contributed by atoms with Crippen molar-refractivity contribution >= 4 is 22.3 Å². The number of hydrogen-bond acceptors (Lipinski definition) is 5. The molecule has 5 nitrogen and oxygen atoms in total. The van der Waals surface area contributed by atoms with Gasteiger partial charge in [-0.3, -0.25) is 4.79 Å². The van der Waals surface area contributed by atoms with Gasteiger partial charge in [0.05, 0.1) is 10.9 Å². The molecule has 0 radical (unpaired) electrons. The van der Waals surface area contributed by atoms with E-state index in [-0.39, 0.29) is 51.4 Å². The summed E-state index contributed by atoms with van der Waals surface area (Å²) in [5.74, 6) is -1.52. The molecule has 0 saturated heterocycles. The van der Waals surface area contributed by atoms with E-state index < -0.39 is 5.76 Å². The quantitative estimate of drug-likeness (QED) is 0.551. The first-order valence-corrected chi connectivity index (χ1v) is 6.04. The van der Waals surface area contributed by atoms with Gasteiger partial charge in [-0.05, 0) is 24.6 Å². The van der Waals surface area contributed by atoms with E-state index in [9.17, 15) is 25.2 Å². The number of aliphatic hydroxyl groups excluding tert-OH is 1. The zero-order valence-corrected chi connectivity index (χ0v) is 10.6. The van der Waals surface area contributed by atoms with Gasteiger partial charge < -0.3 is 20.4 Å². The largest absolute Gasteiger partial charge is 0.507 e. The Morgan fingerprint density at radius 2 is 1.75 bits per heavy atom. The van der Waals surface area contributed by atoms with Crippen LogP contribution in [0.1, 0.15) is 16.7 Å². The third-order valence-corrected chi connectivity index (χ3v) is 3.48. The number of ketones is 1. The number of rotatable bonds is 0. The lowest BCUT2D eigenvalue weighted by Crippen LogP contribution is -2.10. The molecule has 0 aliphatic heterocycles. The first kappa shape index (κ1) is 12.3. The number of fused-ring (bicyclic) bond motifs is 2. The van der Waals surface area contributed by atoms with Gasteiger partial charge in [0, 0.05) is 23.4 Å². The molecule has 20 heavy (non-hydrogen) atoms. The molecule has 1 aliphatic rings. The second kappa shape index (κ2) is 3.90. The number of aliphatic hydroxyl groups is 1. The summed E-state index contributed by atoms with van der Waals surface area (Å²) in [7, 11) is 0. The second-order valence-electron chi connectivity index (χ2n) is 4.93. The van der Waals surface area contributed by atoms with Gasteiger partial charge in [-0.1, -0.05) is 0 Å². The fourth-order valence-electron chi connectivity index (χ4n) is 2.65. The highest BCUT2D eigenvalue weighted by molar-refractivity contribution is 6.08. The molecular weight excluding hydrogens is 260 g/mol. The molecule has 0 spiro atoms. The van der Waals surface area contributed by atoms with E-state index in [1.54, 1.807) is 13.0 Å². The topological polar surface area (TPSA) is 98.0 Å². The van der Waals surface area contributed by atoms with E-state index in [1.807, 2.05) is 0 Å². The predicted octanol–water partition coefficient (Wildman–Crippen LogP) is 2.29. The van der Waals surface area contributed by atoms with Crippen LogP contribution in [0.15, 0.2) is 18.2 Å². The normalized spacial score (nSPS) is 14.2. The first-order chi connectivity index (χ1) is 9.40. The molecule has 102 valence electrons. The Morgan fingerprint density at radius 3 is 2.45 bits per heavy atom. The highest BCUT2D eigenvalue weighted by atomic mass is 16.3. The summed E-state index contributed by atoms with van der Waals surface area (Å²) < 4.78 is 0. The second-order valence-corrected chi connectivity index (χ2v) is 4.93. The lowest BCUT2D eigenvalue weighted by atomic mass is 9.89. The van der Waals surface area contributed by atoms with Crippen molar-refractivity contribution in [1.29, 1.82) is 0 Å². The van der Waals surface area contributed by atoms with Crippen molar-refractivity contribution in [3.8, 4) is 17.2 Å². The van der Waals surface area contributed by atoms with Gasteiger partial charge in [0.15, 0.2) is 5.78 Å². The molecule has 0 fully saturated rings. The van der Waals surface area contributed by atoms with Gasteiger partial charge in [-0.2, -0.15) is 0 Å². The monoisotopic (exact) mass is 272 g/mol. The Balaban J connectivity index is 2.54. The molecule has 5 heteroatoms. The summed E-state index contributed by atoms with van der Waals surface area (Å²) in [6.07, 6.45) is 0.891. The van der Waals surface area contributed by atoms with E-state index in [2.05, 4.69) is 0 Å². The number of phenolic OH excluding ortho intramolecular Hbond substituents is 3. The number of carbonyl (C=O) groups is 1. The van der Waals surface area contributed by atoms with E-state index >= 15 is 0 Å². The van der Waals surface area contributed by atoms with Crippen molar-refractivity contribution in [3.05, 3.63) is 34.9 Å². The van der Waals surface area contributed by atoms with Gasteiger partial charge in [-0.15, -0.1) is 0 Å². The summed E-state index contributed by atoms with van der Waals surface area (Å²) >= 11 is 0. The summed E-state index contributed by atoms with van der Waals surface area (Å²) in [5.41, 5.74) is 0.866. The van der Waals surface area contributed by atoms with Crippen molar-refractivity contribution in [2.24, 2.45) is 0 Å². The Morgan fingerprint density at radius 1 is 1.05 bits per heavy atom. The van der Waals surface area contributed by atoms with Crippen molar-refractivity contribution < 1.29 is 25.2 Å².